The number of nitrogens with zero attached hydrogens (tertiary/aromatic N) is 3. The summed E-state index contributed by atoms with van der Waals surface area (Å²) in [5.41, 5.74) is 2.13. The van der Waals surface area contributed by atoms with Gasteiger partial charge in [-0.15, -0.1) is 10.2 Å². The Morgan fingerprint density at radius 1 is 1.33 bits per heavy atom. The van der Waals surface area contributed by atoms with E-state index < -0.39 is 0 Å². The number of benzene rings is 1. The zero-order valence-corrected chi connectivity index (χ0v) is 9.06. The molecular weight excluding hydrogens is 190 g/mol. The van der Waals surface area contributed by atoms with Crippen molar-refractivity contribution in [3.63, 3.8) is 0 Å². The number of ether oxygens (including phenoxy) is 1. The smallest absolute Gasteiger partial charge is 0.163 e. The van der Waals surface area contributed by atoms with E-state index in [9.17, 15) is 0 Å². The zero-order valence-electron chi connectivity index (χ0n) is 9.06. The van der Waals surface area contributed by atoms with Gasteiger partial charge in [-0.1, -0.05) is 12.1 Å². The lowest BCUT2D eigenvalue weighted by Gasteiger charge is -2.06. The van der Waals surface area contributed by atoms with Crippen molar-refractivity contribution in [2.45, 2.75) is 6.92 Å². The van der Waals surface area contributed by atoms with E-state index in [-0.39, 0.29) is 0 Å². The van der Waals surface area contributed by atoms with Gasteiger partial charge < -0.3 is 9.30 Å². The molecule has 0 aliphatic rings. The summed E-state index contributed by atoms with van der Waals surface area (Å²) >= 11 is 0. The van der Waals surface area contributed by atoms with Crippen LogP contribution in [0.15, 0.2) is 24.5 Å². The first kappa shape index (κ1) is 9.71. The van der Waals surface area contributed by atoms with E-state index in [2.05, 4.69) is 10.2 Å². The average molecular weight is 203 g/mol. The molecule has 1 aromatic carbocycles. The molecule has 0 bridgehead atoms. The van der Waals surface area contributed by atoms with Gasteiger partial charge in [0.05, 0.1) is 7.11 Å². The first-order valence-electron chi connectivity index (χ1n) is 4.71. The molecule has 78 valence electrons. The lowest BCUT2D eigenvalue weighted by atomic mass is 10.1. The number of rotatable bonds is 2. The number of methoxy groups -OCH3 is 1. The van der Waals surface area contributed by atoms with Crippen LogP contribution in [0.1, 0.15) is 5.56 Å². The highest BCUT2D eigenvalue weighted by molar-refractivity contribution is 5.59. The Balaban J connectivity index is 2.51. The van der Waals surface area contributed by atoms with Crippen molar-refractivity contribution in [3.8, 4) is 17.1 Å². The van der Waals surface area contributed by atoms with Crippen LogP contribution in [0.5, 0.6) is 5.75 Å². The number of hydrogen-bond donors (Lipinski definition) is 0. The molecule has 2 aromatic rings. The quantitative estimate of drug-likeness (QED) is 0.747. The van der Waals surface area contributed by atoms with E-state index in [0.29, 0.717) is 0 Å². The summed E-state index contributed by atoms with van der Waals surface area (Å²) in [7, 11) is 3.59. The summed E-state index contributed by atoms with van der Waals surface area (Å²) < 4.78 is 7.15. The molecule has 0 aliphatic heterocycles. The minimum atomic E-state index is 0.841. The van der Waals surface area contributed by atoms with Gasteiger partial charge in [0.25, 0.3) is 0 Å². The maximum absolute atomic E-state index is 5.27. The average Bonchev–Trinajstić information content (AvgIpc) is 2.65. The van der Waals surface area contributed by atoms with Crippen molar-refractivity contribution in [1.82, 2.24) is 14.8 Å². The monoisotopic (exact) mass is 203 g/mol. The van der Waals surface area contributed by atoms with Gasteiger partial charge in [0.2, 0.25) is 0 Å². The van der Waals surface area contributed by atoms with Gasteiger partial charge in [-0.2, -0.15) is 0 Å². The van der Waals surface area contributed by atoms with Crippen molar-refractivity contribution >= 4 is 0 Å². The van der Waals surface area contributed by atoms with Crippen molar-refractivity contribution in [2.24, 2.45) is 7.05 Å². The Kier molecular flexibility index (Phi) is 2.41. The molecule has 0 saturated heterocycles. The fourth-order valence-corrected chi connectivity index (χ4v) is 1.50. The van der Waals surface area contributed by atoms with Crippen molar-refractivity contribution in [1.29, 1.82) is 0 Å². The zero-order chi connectivity index (χ0) is 10.8. The number of hydrogen-bond acceptors (Lipinski definition) is 3. The molecule has 0 N–H and O–H groups in total. The second kappa shape index (κ2) is 3.73. The van der Waals surface area contributed by atoms with Crippen LogP contribution < -0.4 is 4.74 Å². The maximum atomic E-state index is 5.27. The van der Waals surface area contributed by atoms with Crippen LogP contribution in [0, 0.1) is 6.92 Å². The fraction of sp³-hybridized carbons (Fsp3) is 0.273. The minimum Gasteiger partial charge on any atom is -0.496 e. The standard InChI is InChI=1S/C11H13N3O/c1-8-4-5-9(6-10(8)15-3)11-13-12-7-14(11)2/h4-7H,1-3H3. The molecule has 0 unspecified atom stereocenters. The van der Waals surface area contributed by atoms with Crippen LogP contribution in [-0.2, 0) is 7.05 Å². The van der Waals surface area contributed by atoms with Gasteiger partial charge >= 0.3 is 0 Å². The van der Waals surface area contributed by atoms with Gasteiger partial charge in [-0.3, -0.25) is 0 Å². The molecule has 4 nitrogen and oxygen atoms in total. The van der Waals surface area contributed by atoms with E-state index in [1.54, 1.807) is 13.4 Å². The molecule has 0 spiro atoms. The van der Waals surface area contributed by atoms with E-state index in [1.807, 2.05) is 36.7 Å². The summed E-state index contributed by atoms with van der Waals surface area (Å²) in [4.78, 5) is 0. The largest absolute Gasteiger partial charge is 0.496 e. The van der Waals surface area contributed by atoms with Gasteiger partial charge in [0.1, 0.15) is 12.1 Å². The SMILES string of the molecule is COc1cc(-c2nncn2C)ccc1C. The topological polar surface area (TPSA) is 39.9 Å². The normalized spacial score (nSPS) is 10.3. The van der Waals surface area contributed by atoms with Gasteiger partial charge in [0.15, 0.2) is 5.82 Å². The molecule has 0 amide bonds. The summed E-state index contributed by atoms with van der Waals surface area (Å²) in [5.74, 6) is 1.71. The molecule has 1 aromatic heterocycles. The van der Waals surface area contributed by atoms with E-state index in [0.717, 1.165) is 22.7 Å². The summed E-state index contributed by atoms with van der Waals surface area (Å²) in [6.07, 6.45) is 1.68. The molecule has 0 atom stereocenters. The van der Waals surface area contributed by atoms with Crippen LogP contribution in [-0.4, -0.2) is 21.9 Å². The molecule has 4 heteroatoms. The Morgan fingerprint density at radius 3 is 2.73 bits per heavy atom. The highest BCUT2D eigenvalue weighted by Gasteiger charge is 2.06. The fourth-order valence-electron chi connectivity index (χ4n) is 1.50. The number of aromatic nitrogens is 3. The maximum Gasteiger partial charge on any atom is 0.163 e. The predicted molar refractivity (Wildman–Crippen MR) is 57.7 cm³/mol. The van der Waals surface area contributed by atoms with Crippen LogP contribution >= 0.6 is 0 Å². The number of aryl methyl sites for hydroxylation is 2. The lowest BCUT2D eigenvalue weighted by Crippen LogP contribution is -1.93. The third kappa shape index (κ3) is 1.70. The molecule has 0 radical (unpaired) electrons. The summed E-state index contributed by atoms with van der Waals surface area (Å²) in [6.45, 7) is 2.01. The molecule has 0 fully saturated rings. The van der Waals surface area contributed by atoms with E-state index >= 15 is 0 Å². The van der Waals surface area contributed by atoms with E-state index in [4.69, 9.17) is 4.74 Å². The van der Waals surface area contributed by atoms with Gasteiger partial charge in [-0.05, 0) is 18.6 Å². The summed E-state index contributed by atoms with van der Waals surface area (Å²) in [5, 5.41) is 7.90. The van der Waals surface area contributed by atoms with Crippen LogP contribution in [0.3, 0.4) is 0 Å². The molecular formula is C11H13N3O. The Morgan fingerprint density at radius 2 is 2.13 bits per heavy atom. The van der Waals surface area contributed by atoms with Crippen LogP contribution in [0.25, 0.3) is 11.4 Å². The minimum absolute atomic E-state index is 0.841. The van der Waals surface area contributed by atoms with Gasteiger partial charge in [-0.25, -0.2) is 0 Å². The Bertz CT molecular complexity index is 476. The lowest BCUT2D eigenvalue weighted by molar-refractivity contribution is 0.412. The second-order valence-corrected chi connectivity index (χ2v) is 3.45. The second-order valence-electron chi connectivity index (χ2n) is 3.45. The first-order valence-corrected chi connectivity index (χ1v) is 4.71. The van der Waals surface area contributed by atoms with Gasteiger partial charge in [0, 0.05) is 12.6 Å². The van der Waals surface area contributed by atoms with Crippen LogP contribution in [0.4, 0.5) is 0 Å². The molecule has 1 heterocycles. The van der Waals surface area contributed by atoms with Crippen molar-refractivity contribution in [2.75, 3.05) is 7.11 Å². The molecule has 2 rings (SSSR count). The highest BCUT2D eigenvalue weighted by atomic mass is 16.5. The predicted octanol–water partition coefficient (Wildman–Crippen LogP) is 1.80. The third-order valence-electron chi connectivity index (χ3n) is 2.38. The first-order chi connectivity index (χ1) is 7.22. The molecule has 0 saturated carbocycles. The van der Waals surface area contributed by atoms with Crippen LogP contribution in [0.2, 0.25) is 0 Å². The van der Waals surface area contributed by atoms with Crippen molar-refractivity contribution in [3.05, 3.63) is 30.1 Å². The van der Waals surface area contributed by atoms with E-state index in [1.165, 1.54) is 0 Å². The molecule has 15 heavy (non-hydrogen) atoms. The van der Waals surface area contributed by atoms with Crippen molar-refractivity contribution < 1.29 is 4.74 Å². The Labute approximate surface area is 88.5 Å². The third-order valence-corrected chi connectivity index (χ3v) is 2.38. The Hall–Kier alpha value is -1.84. The molecule has 0 aliphatic carbocycles. The highest BCUT2D eigenvalue weighted by Crippen LogP contribution is 2.24. The summed E-state index contributed by atoms with van der Waals surface area (Å²) in [6, 6.07) is 6.00.